The summed E-state index contributed by atoms with van der Waals surface area (Å²) in [4.78, 5) is 0. The second-order valence-corrected chi connectivity index (χ2v) is 5.95. The molecule has 0 amide bonds. The van der Waals surface area contributed by atoms with Crippen molar-refractivity contribution in [2.45, 2.75) is 39.3 Å². The number of rotatable bonds is 7. The molecular formula is C15H21BrN4O. The van der Waals surface area contributed by atoms with Crippen LogP contribution in [0.3, 0.4) is 0 Å². The molecule has 0 aliphatic heterocycles. The van der Waals surface area contributed by atoms with Crippen molar-refractivity contribution in [2.24, 2.45) is 0 Å². The maximum atomic E-state index is 5.65. The van der Waals surface area contributed by atoms with Crippen LogP contribution in [0.4, 0.5) is 6.01 Å². The Bertz CT molecular complexity index is 555. The zero-order valence-electron chi connectivity index (χ0n) is 12.6. The molecule has 21 heavy (non-hydrogen) atoms. The second kappa shape index (κ2) is 7.56. The third kappa shape index (κ3) is 4.54. The van der Waals surface area contributed by atoms with Crippen molar-refractivity contribution in [3.63, 3.8) is 0 Å². The molecule has 0 spiro atoms. The molecule has 0 saturated heterocycles. The molecule has 2 atom stereocenters. The van der Waals surface area contributed by atoms with Crippen LogP contribution in [0.2, 0.25) is 0 Å². The standard InChI is InChI=1S/C15H21BrN4O/c1-4-9-17-11(3)14-19-20-15(21-14)18-10(2)12-5-7-13(16)8-6-12/h5-8,10-11,17H,4,9H2,1-3H3,(H,18,20). The van der Waals surface area contributed by atoms with Crippen molar-refractivity contribution in [3.8, 4) is 0 Å². The fraction of sp³-hybridized carbons (Fsp3) is 0.467. The largest absolute Gasteiger partial charge is 0.406 e. The van der Waals surface area contributed by atoms with E-state index in [1.54, 1.807) is 0 Å². The molecule has 1 heterocycles. The lowest BCUT2D eigenvalue weighted by Gasteiger charge is -2.12. The summed E-state index contributed by atoms with van der Waals surface area (Å²) in [6.07, 6.45) is 1.07. The number of aromatic nitrogens is 2. The van der Waals surface area contributed by atoms with Gasteiger partial charge in [-0.3, -0.25) is 0 Å². The second-order valence-electron chi connectivity index (χ2n) is 5.04. The van der Waals surface area contributed by atoms with E-state index in [0.29, 0.717) is 11.9 Å². The van der Waals surface area contributed by atoms with Gasteiger partial charge in [-0.05, 0) is 44.5 Å². The first kappa shape index (κ1) is 16.0. The first-order valence-corrected chi connectivity index (χ1v) is 7.98. The SMILES string of the molecule is CCCNC(C)c1nnc(NC(C)c2ccc(Br)cc2)o1. The number of nitrogens with zero attached hydrogens (tertiary/aromatic N) is 2. The lowest BCUT2D eigenvalue weighted by Crippen LogP contribution is -2.19. The van der Waals surface area contributed by atoms with Gasteiger partial charge in [-0.25, -0.2) is 0 Å². The molecule has 0 radical (unpaired) electrons. The highest BCUT2D eigenvalue weighted by Crippen LogP contribution is 2.21. The zero-order chi connectivity index (χ0) is 15.2. The Hall–Kier alpha value is -1.40. The van der Waals surface area contributed by atoms with Crippen molar-refractivity contribution in [2.75, 3.05) is 11.9 Å². The third-order valence-electron chi connectivity index (χ3n) is 3.22. The van der Waals surface area contributed by atoms with E-state index in [4.69, 9.17) is 4.42 Å². The fourth-order valence-corrected chi connectivity index (χ4v) is 2.20. The van der Waals surface area contributed by atoms with Crippen molar-refractivity contribution >= 4 is 21.9 Å². The van der Waals surface area contributed by atoms with Gasteiger partial charge in [0.25, 0.3) is 0 Å². The van der Waals surface area contributed by atoms with Gasteiger partial charge in [-0.1, -0.05) is 40.1 Å². The van der Waals surface area contributed by atoms with Gasteiger partial charge in [0, 0.05) is 4.47 Å². The van der Waals surface area contributed by atoms with E-state index in [9.17, 15) is 0 Å². The number of hydrogen-bond acceptors (Lipinski definition) is 5. The van der Waals surface area contributed by atoms with Gasteiger partial charge in [0.05, 0.1) is 12.1 Å². The van der Waals surface area contributed by atoms with Gasteiger partial charge in [0.2, 0.25) is 5.89 Å². The maximum Gasteiger partial charge on any atom is 0.315 e. The Kier molecular flexibility index (Phi) is 5.76. The molecular weight excluding hydrogens is 332 g/mol. The zero-order valence-corrected chi connectivity index (χ0v) is 14.1. The Balaban J connectivity index is 1.97. The molecule has 1 aromatic carbocycles. The molecule has 0 fully saturated rings. The van der Waals surface area contributed by atoms with Gasteiger partial charge in [-0.2, -0.15) is 0 Å². The van der Waals surface area contributed by atoms with Gasteiger partial charge in [-0.15, -0.1) is 5.10 Å². The molecule has 5 nitrogen and oxygen atoms in total. The predicted octanol–water partition coefficient (Wildman–Crippen LogP) is 4.07. The molecule has 6 heteroatoms. The normalized spacial score (nSPS) is 13.9. The summed E-state index contributed by atoms with van der Waals surface area (Å²) >= 11 is 3.43. The molecule has 0 aliphatic carbocycles. The highest BCUT2D eigenvalue weighted by molar-refractivity contribution is 9.10. The maximum absolute atomic E-state index is 5.65. The van der Waals surface area contributed by atoms with Crippen LogP contribution in [0.5, 0.6) is 0 Å². The minimum absolute atomic E-state index is 0.0657. The Morgan fingerprint density at radius 3 is 2.52 bits per heavy atom. The van der Waals surface area contributed by atoms with Crippen molar-refractivity contribution in [1.82, 2.24) is 15.5 Å². The summed E-state index contributed by atoms with van der Waals surface area (Å²) in [6, 6.07) is 8.77. The summed E-state index contributed by atoms with van der Waals surface area (Å²) in [6.45, 7) is 7.14. The number of nitrogens with one attached hydrogen (secondary N) is 2. The Morgan fingerprint density at radius 2 is 1.86 bits per heavy atom. The average Bonchev–Trinajstić information content (AvgIpc) is 2.94. The monoisotopic (exact) mass is 352 g/mol. The van der Waals surface area contributed by atoms with E-state index in [2.05, 4.69) is 62.7 Å². The summed E-state index contributed by atoms with van der Waals surface area (Å²) in [5.41, 5.74) is 1.16. The van der Waals surface area contributed by atoms with Crippen molar-refractivity contribution < 1.29 is 4.42 Å². The van der Waals surface area contributed by atoms with Crippen molar-refractivity contribution in [1.29, 1.82) is 0 Å². The van der Waals surface area contributed by atoms with E-state index in [-0.39, 0.29) is 12.1 Å². The van der Waals surface area contributed by atoms with Crippen LogP contribution in [0.15, 0.2) is 33.2 Å². The highest BCUT2D eigenvalue weighted by Gasteiger charge is 2.14. The molecule has 2 rings (SSSR count). The quantitative estimate of drug-likeness (QED) is 0.786. The van der Waals surface area contributed by atoms with E-state index in [0.717, 1.165) is 23.0 Å². The fourth-order valence-electron chi connectivity index (χ4n) is 1.94. The first-order chi connectivity index (χ1) is 10.1. The summed E-state index contributed by atoms with van der Waals surface area (Å²) in [5, 5.41) is 14.7. The van der Waals surface area contributed by atoms with Crippen LogP contribution < -0.4 is 10.6 Å². The summed E-state index contributed by atoms with van der Waals surface area (Å²) in [7, 11) is 0. The molecule has 2 N–H and O–H groups in total. The molecule has 0 saturated carbocycles. The smallest absolute Gasteiger partial charge is 0.315 e. The molecule has 0 bridgehead atoms. The number of benzene rings is 1. The van der Waals surface area contributed by atoms with Gasteiger partial charge < -0.3 is 15.1 Å². The number of hydrogen-bond donors (Lipinski definition) is 2. The minimum Gasteiger partial charge on any atom is -0.406 e. The van der Waals surface area contributed by atoms with Gasteiger partial charge in [0.1, 0.15) is 0 Å². The molecule has 2 unspecified atom stereocenters. The molecule has 0 aliphatic rings. The summed E-state index contributed by atoms with van der Waals surface area (Å²) in [5.74, 6) is 0.606. The summed E-state index contributed by atoms with van der Waals surface area (Å²) < 4.78 is 6.72. The van der Waals surface area contributed by atoms with Crippen molar-refractivity contribution in [3.05, 3.63) is 40.2 Å². The average molecular weight is 353 g/mol. The van der Waals surface area contributed by atoms with E-state index in [1.807, 2.05) is 19.1 Å². The number of halogens is 1. The van der Waals surface area contributed by atoms with Gasteiger partial charge >= 0.3 is 6.01 Å². The van der Waals surface area contributed by atoms with E-state index >= 15 is 0 Å². The molecule has 2 aromatic rings. The van der Waals surface area contributed by atoms with Crippen LogP contribution in [-0.2, 0) is 0 Å². The number of anilines is 1. The van der Waals surface area contributed by atoms with Gasteiger partial charge in [0.15, 0.2) is 0 Å². The Morgan fingerprint density at radius 1 is 1.14 bits per heavy atom. The molecule has 1 aromatic heterocycles. The topological polar surface area (TPSA) is 63.0 Å². The van der Waals surface area contributed by atoms with Crippen LogP contribution in [-0.4, -0.2) is 16.7 Å². The first-order valence-electron chi connectivity index (χ1n) is 7.19. The lowest BCUT2D eigenvalue weighted by atomic mass is 10.1. The third-order valence-corrected chi connectivity index (χ3v) is 3.75. The van der Waals surface area contributed by atoms with Crippen LogP contribution in [0, 0.1) is 0 Å². The van der Waals surface area contributed by atoms with E-state index < -0.39 is 0 Å². The highest BCUT2D eigenvalue weighted by atomic mass is 79.9. The predicted molar refractivity (Wildman–Crippen MR) is 87.2 cm³/mol. The van der Waals surface area contributed by atoms with E-state index in [1.165, 1.54) is 0 Å². The van der Waals surface area contributed by atoms with Crippen LogP contribution in [0.1, 0.15) is 50.7 Å². The van der Waals surface area contributed by atoms with Crippen LogP contribution in [0.25, 0.3) is 0 Å². The van der Waals surface area contributed by atoms with Crippen LogP contribution >= 0.6 is 15.9 Å². The Labute approximate surface area is 133 Å². The lowest BCUT2D eigenvalue weighted by molar-refractivity contribution is 0.421. The minimum atomic E-state index is 0.0657. The molecule has 114 valence electrons.